The fourth-order valence-electron chi connectivity index (χ4n) is 5.67. The maximum atomic E-state index is 12.4. The Bertz CT molecular complexity index is 562. The van der Waals surface area contributed by atoms with E-state index in [0.717, 1.165) is 27.8 Å². The van der Waals surface area contributed by atoms with Crippen LogP contribution in [0.25, 0.3) is 0 Å². The number of aromatic nitrogens is 1. The Morgan fingerprint density at radius 1 is 1.35 bits per heavy atom. The monoisotopic (exact) mass is 350 g/mol. The highest BCUT2D eigenvalue weighted by Gasteiger charge is 2.53. The molecule has 4 bridgehead atoms. The fraction of sp³-hybridized carbons (Fsp3) is 0.778. The summed E-state index contributed by atoms with van der Waals surface area (Å²) in [5, 5.41) is 5.37. The summed E-state index contributed by atoms with van der Waals surface area (Å²) >= 11 is 3.19. The lowest BCUT2D eigenvalue weighted by molar-refractivity contribution is -0.123. The van der Waals surface area contributed by atoms with Crippen LogP contribution < -0.4 is 5.32 Å². The second-order valence-corrected chi connectivity index (χ2v) is 10.2. The van der Waals surface area contributed by atoms with Crippen molar-refractivity contribution >= 4 is 29.0 Å². The van der Waals surface area contributed by atoms with Gasteiger partial charge in [0.15, 0.2) is 4.34 Å². The molecule has 23 heavy (non-hydrogen) atoms. The SMILES string of the molecule is Cc1csc(SCC(=O)N[C@H](C)C23CC4CC(CC(C4)C2)C3)n1. The number of hydrogen-bond donors (Lipinski definition) is 1. The molecule has 1 N–H and O–H groups in total. The van der Waals surface area contributed by atoms with Gasteiger partial charge in [0, 0.05) is 17.1 Å². The average Bonchev–Trinajstić information content (AvgIpc) is 2.89. The molecule has 0 radical (unpaired) electrons. The van der Waals surface area contributed by atoms with Gasteiger partial charge in [-0.15, -0.1) is 11.3 Å². The summed E-state index contributed by atoms with van der Waals surface area (Å²) in [7, 11) is 0. The molecule has 5 rings (SSSR count). The normalized spacial score (nSPS) is 36.2. The second-order valence-electron chi connectivity index (χ2n) is 8.11. The van der Waals surface area contributed by atoms with E-state index in [0.29, 0.717) is 17.2 Å². The van der Waals surface area contributed by atoms with E-state index in [-0.39, 0.29) is 5.91 Å². The average molecular weight is 351 g/mol. The molecule has 1 aromatic heterocycles. The highest BCUT2D eigenvalue weighted by Crippen LogP contribution is 2.61. The fourth-order valence-corrected chi connectivity index (χ4v) is 7.33. The molecule has 1 atom stereocenters. The van der Waals surface area contributed by atoms with Crippen molar-refractivity contribution < 1.29 is 4.79 Å². The third-order valence-corrected chi connectivity index (χ3v) is 8.45. The predicted molar refractivity (Wildman–Crippen MR) is 95.8 cm³/mol. The third-order valence-electron chi connectivity index (χ3n) is 6.31. The highest BCUT2D eigenvalue weighted by molar-refractivity contribution is 8.01. The van der Waals surface area contributed by atoms with Crippen LogP contribution in [0.3, 0.4) is 0 Å². The first-order chi connectivity index (χ1) is 11.0. The number of nitrogens with zero attached hydrogens (tertiary/aromatic N) is 1. The van der Waals surface area contributed by atoms with Gasteiger partial charge in [-0.1, -0.05) is 11.8 Å². The number of hydrogen-bond acceptors (Lipinski definition) is 4. The predicted octanol–water partition coefficient (Wildman–Crippen LogP) is 4.26. The van der Waals surface area contributed by atoms with Crippen LogP contribution in [0.4, 0.5) is 0 Å². The lowest BCUT2D eigenvalue weighted by Gasteiger charge is -2.59. The lowest BCUT2D eigenvalue weighted by Crippen LogP contribution is -2.56. The quantitative estimate of drug-likeness (QED) is 0.807. The smallest absolute Gasteiger partial charge is 0.230 e. The van der Waals surface area contributed by atoms with Gasteiger partial charge in [-0.2, -0.15) is 0 Å². The molecule has 5 heteroatoms. The number of aryl methyl sites for hydroxylation is 1. The van der Waals surface area contributed by atoms with E-state index in [1.165, 1.54) is 38.5 Å². The summed E-state index contributed by atoms with van der Waals surface area (Å²) in [4.78, 5) is 16.8. The van der Waals surface area contributed by atoms with Gasteiger partial charge in [0.2, 0.25) is 5.91 Å². The number of amides is 1. The Balaban J connectivity index is 1.34. The molecule has 1 aromatic rings. The van der Waals surface area contributed by atoms with Gasteiger partial charge >= 0.3 is 0 Å². The van der Waals surface area contributed by atoms with Crippen molar-refractivity contribution in [3.8, 4) is 0 Å². The van der Waals surface area contributed by atoms with Crippen LogP contribution in [-0.2, 0) is 4.79 Å². The second kappa shape index (κ2) is 6.07. The van der Waals surface area contributed by atoms with Gasteiger partial charge in [0.25, 0.3) is 0 Å². The first kappa shape index (κ1) is 15.9. The van der Waals surface area contributed by atoms with E-state index in [1.54, 1.807) is 23.1 Å². The van der Waals surface area contributed by atoms with Crippen LogP contribution in [0.5, 0.6) is 0 Å². The van der Waals surface area contributed by atoms with E-state index in [4.69, 9.17) is 0 Å². The van der Waals surface area contributed by atoms with Crippen molar-refractivity contribution in [3.05, 3.63) is 11.1 Å². The van der Waals surface area contributed by atoms with E-state index >= 15 is 0 Å². The molecule has 4 aliphatic rings. The number of rotatable bonds is 5. The highest BCUT2D eigenvalue weighted by atomic mass is 32.2. The molecule has 0 unspecified atom stereocenters. The number of carbonyl (C=O) groups is 1. The largest absolute Gasteiger partial charge is 0.352 e. The van der Waals surface area contributed by atoms with Crippen LogP contribution in [0.2, 0.25) is 0 Å². The first-order valence-electron chi connectivity index (χ1n) is 8.87. The molecule has 1 heterocycles. The van der Waals surface area contributed by atoms with Gasteiger partial charge in [-0.05, 0) is 75.5 Å². The number of thiazole rings is 1. The van der Waals surface area contributed by atoms with Crippen molar-refractivity contribution in [2.24, 2.45) is 23.2 Å². The molecule has 0 saturated heterocycles. The number of thioether (sulfide) groups is 1. The Morgan fingerprint density at radius 3 is 2.48 bits per heavy atom. The van der Waals surface area contributed by atoms with Gasteiger partial charge in [-0.3, -0.25) is 4.79 Å². The molecule has 3 nitrogen and oxygen atoms in total. The summed E-state index contributed by atoms with van der Waals surface area (Å²) in [6.45, 7) is 4.25. The van der Waals surface area contributed by atoms with E-state index in [1.807, 2.05) is 12.3 Å². The van der Waals surface area contributed by atoms with E-state index in [2.05, 4.69) is 17.2 Å². The minimum absolute atomic E-state index is 0.172. The summed E-state index contributed by atoms with van der Waals surface area (Å²) in [5.74, 6) is 3.48. The standard InChI is InChI=1S/C18H26N2OS2/c1-11-9-22-17(19-11)23-10-16(21)20-12(2)18-6-13-3-14(7-18)5-15(4-13)8-18/h9,12-15H,3-8,10H2,1-2H3,(H,20,21)/t12-,13?,14?,15?,18?/m1/s1. The lowest BCUT2D eigenvalue weighted by atomic mass is 9.48. The van der Waals surface area contributed by atoms with Gasteiger partial charge < -0.3 is 5.32 Å². The van der Waals surface area contributed by atoms with Crippen molar-refractivity contribution in [1.29, 1.82) is 0 Å². The van der Waals surface area contributed by atoms with Crippen LogP contribution in [-0.4, -0.2) is 22.7 Å². The Hall–Kier alpha value is -0.550. The zero-order chi connectivity index (χ0) is 16.0. The molecule has 1 amide bonds. The molecule has 0 aliphatic heterocycles. The molecule has 126 valence electrons. The topological polar surface area (TPSA) is 42.0 Å². The van der Waals surface area contributed by atoms with Crippen molar-refractivity contribution in [1.82, 2.24) is 10.3 Å². The first-order valence-corrected chi connectivity index (χ1v) is 10.7. The molecular weight excluding hydrogens is 324 g/mol. The van der Waals surface area contributed by atoms with Crippen LogP contribution >= 0.6 is 23.1 Å². The zero-order valence-electron chi connectivity index (χ0n) is 14.0. The van der Waals surface area contributed by atoms with E-state index in [9.17, 15) is 4.79 Å². The minimum atomic E-state index is 0.172. The van der Waals surface area contributed by atoms with Crippen molar-refractivity contribution in [2.75, 3.05) is 5.75 Å². The van der Waals surface area contributed by atoms with Crippen LogP contribution in [0.15, 0.2) is 9.72 Å². The molecule has 0 aromatic carbocycles. The molecular formula is C18H26N2OS2. The molecule has 0 spiro atoms. The Labute approximate surface area is 147 Å². The molecule has 4 saturated carbocycles. The maximum Gasteiger partial charge on any atom is 0.230 e. The maximum absolute atomic E-state index is 12.4. The summed E-state index contributed by atoms with van der Waals surface area (Å²) in [6, 6.07) is 0.321. The van der Waals surface area contributed by atoms with Crippen molar-refractivity contribution in [3.63, 3.8) is 0 Å². The van der Waals surface area contributed by atoms with Crippen molar-refractivity contribution in [2.45, 2.75) is 62.8 Å². The Kier molecular flexibility index (Phi) is 4.21. The molecule has 4 aliphatic carbocycles. The molecule has 4 fully saturated rings. The number of carbonyl (C=O) groups excluding carboxylic acids is 1. The zero-order valence-corrected chi connectivity index (χ0v) is 15.6. The van der Waals surface area contributed by atoms with Crippen LogP contribution in [0, 0.1) is 30.1 Å². The Morgan fingerprint density at radius 2 is 1.96 bits per heavy atom. The van der Waals surface area contributed by atoms with Gasteiger partial charge in [0.1, 0.15) is 0 Å². The van der Waals surface area contributed by atoms with Gasteiger partial charge in [-0.25, -0.2) is 4.98 Å². The van der Waals surface area contributed by atoms with Gasteiger partial charge in [0.05, 0.1) is 5.75 Å². The summed E-state index contributed by atoms with van der Waals surface area (Å²) < 4.78 is 1.00. The third kappa shape index (κ3) is 3.19. The van der Waals surface area contributed by atoms with E-state index < -0.39 is 0 Å². The number of nitrogens with one attached hydrogen (secondary N) is 1. The van der Waals surface area contributed by atoms with Crippen LogP contribution in [0.1, 0.15) is 51.1 Å². The summed E-state index contributed by atoms with van der Waals surface area (Å²) in [6.07, 6.45) is 8.41. The minimum Gasteiger partial charge on any atom is -0.352 e. The summed E-state index contributed by atoms with van der Waals surface area (Å²) in [5.41, 5.74) is 1.44.